The minimum Gasteiger partial charge on any atom is -0.497 e. The van der Waals surface area contributed by atoms with E-state index in [1.54, 1.807) is 25.3 Å². The smallest absolute Gasteiger partial charge is 0.280 e. The average molecular weight is 367 g/mol. The van der Waals surface area contributed by atoms with Crippen molar-refractivity contribution in [3.05, 3.63) is 59.3 Å². The number of aromatic nitrogens is 3. The lowest BCUT2D eigenvalue weighted by Gasteiger charge is -2.11. The summed E-state index contributed by atoms with van der Waals surface area (Å²) in [4.78, 5) is 12.6. The van der Waals surface area contributed by atoms with Crippen molar-refractivity contribution in [2.75, 3.05) is 25.3 Å². The van der Waals surface area contributed by atoms with Gasteiger partial charge in [-0.2, -0.15) is 0 Å². The molecule has 0 radical (unpaired) electrons. The number of rotatable bonds is 6. The van der Waals surface area contributed by atoms with Gasteiger partial charge in [0.2, 0.25) is 0 Å². The number of nitrogens with one attached hydrogen (secondary N) is 1. The molecule has 0 saturated carbocycles. The first-order chi connectivity index (χ1) is 13.0. The molecule has 0 spiro atoms. The Hall–Kier alpha value is -3.55. The molecule has 3 aromatic rings. The average Bonchev–Trinajstić information content (AvgIpc) is 3.04. The van der Waals surface area contributed by atoms with Crippen LogP contribution in [0.3, 0.4) is 0 Å². The van der Waals surface area contributed by atoms with Crippen LogP contribution in [0.5, 0.6) is 11.5 Å². The quantitative estimate of drug-likeness (QED) is 0.694. The van der Waals surface area contributed by atoms with Gasteiger partial charge in [-0.1, -0.05) is 35.0 Å². The molecule has 0 aliphatic carbocycles. The molecule has 140 valence electrons. The van der Waals surface area contributed by atoms with E-state index in [9.17, 15) is 4.79 Å². The Morgan fingerprint density at radius 3 is 2.56 bits per heavy atom. The fourth-order valence-corrected chi connectivity index (χ4v) is 2.55. The summed E-state index contributed by atoms with van der Waals surface area (Å²) >= 11 is 0. The molecule has 2 aromatic carbocycles. The van der Waals surface area contributed by atoms with Gasteiger partial charge in [-0.25, -0.2) is 4.68 Å². The number of aryl methyl sites for hydroxylation is 1. The predicted molar refractivity (Wildman–Crippen MR) is 102 cm³/mol. The highest BCUT2D eigenvalue weighted by Gasteiger charge is 2.19. The molecule has 8 heteroatoms. The lowest BCUT2D eigenvalue weighted by atomic mass is 10.1. The maximum absolute atomic E-state index is 12.6. The van der Waals surface area contributed by atoms with E-state index in [0.29, 0.717) is 23.7 Å². The van der Waals surface area contributed by atoms with E-state index in [-0.39, 0.29) is 11.5 Å². The van der Waals surface area contributed by atoms with Crippen molar-refractivity contribution < 1.29 is 14.3 Å². The predicted octanol–water partition coefficient (Wildman–Crippen LogP) is 2.49. The first-order valence-corrected chi connectivity index (χ1v) is 8.29. The number of anilines is 2. The number of benzene rings is 2. The van der Waals surface area contributed by atoms with Gasteiger partial charge in [-0.3, -0.25) is 4.79 Å². The minimum absolute atomic E-state index is 0.0555. The van der Waals surface area contributed by atoms with Gasteiger partial charge >= 0.3 is 0 Å². The molecular formula is C19H21N5O3. The summed E-state index contributed by atoms with van der Waals surface area (Å²) in [5.74, 6) is 0.813. The van der Waals surface area contributed by atoms with E-state index < -0.39 is 5.91 Å². The van der Waals surface area contributed by atoms with Crippen LogP contribution in [0.25, 0.3) is 0 Å². The van der Waals surface area contributed by atoms with Crippen LogP contribution in [-0.2, 0) is 6.54 Å². The fraction of sp³-hybridized carbons (Fsp3) is 0.211. The molecule has 1 aromatic heterocycles. The first kappa shape index (κ1) is 18.2. The third-order valence-electron chi connectivity index (χ3n) is 4.10. The molecule has 3 N–H and O–H groups in total. The van der Waals surface area contributed by atoms with Gasteiger partial charge in [0.15, 0.2) is 11.5 Å². The zero-order valence-corrected chi connectivity index (χ0v) is 15.4. The molecule has 0 saturated heterocycles. The Balaban J connectivity index is 1.78. The van der Waals surface area contributed by atoms with E-state index in [1.807, 2.05) is 31.2 Å². The van der Waals surface area contributed by atoms with Gasteiger partial charge in [0.1, 0.15) is 11.5 Å². The van der Waals surface area contributed by atoms with Gasteiger partial charge in [0.05, 0.1) is 26.5 Å². The number of methoxy groups -OCH3 is 2. The molecule has 27 heavy (non-hydrogen) atoms. The number of nitrogens with two attached hydrogens (primary N) is 1. The van der Waals surface area contributed by atoms with Crippen molar-refractivity contribution in [3.8, 4) is 11.5 Å². The summed E-state index contributed by atoms with van der Waals surface area (Å²) in [6.45, 7) is 2.45. The van der Waals surface area contributed by atoms with Crippen molar-refractivity contribution in [2.45, 2.75) is 13.5 Å². The van der Waals surface area contributed by atoms with E-state index in [1.165, 1.54) is 17.4 Å². The summed E-state index contributed by atoms with van der Waals surface area (Å²) < 4.78 is 11.9. The van der Waals surface area contributed by atoms with Gasteiger partial charge in [0, 0.05) is 6.07 Å². The number of hydrogen-bond donors (Lipinski definition) is 2. The van der Waals surface area contributed by atoms with Crippen molar-refractivity contribution >= 4 is 17.4 Å². The van der Waals surface area contributed by atoms with E-state index >= 15 is 0 Å². The highest BCUT2D eigenvalue weighted by molar-refractivity contribution is 6.06. The molecule has 3 rings (SSSR count). The lowest BCUT2D eigenvalue weighted by molar-refractivity contribution is 0.102. The van der Waals surface area contributed by atoms with Crippen LogP contribution in [0.4, 0.5) is 11.5 Å². The maximum atomic E-state index is 12.6. The molecular weight excluding hydrogens is 346 g/mol. The first-order valence-electron chi connectivity index (χ1n) is 8.29. The largest absolute Gasteiger partial charge is 0.497 e. The molecule has 1 amide bonds. The Kier molecular flexibility index (Phi) is 5.25. The fourth-order valence-electron chi connectivity index (χ4n) is 2.55. The molecule has 1 heterocycles. The monoisotopic (exact) mass is 367 g/mol. The van der Waals surface area contributed by atoms with Gasteiger partial charge < -0.3 is 20.5 Å². The second-order valence-electron chi connectivity index (χ2n) is 5.99. The summed E-state index contributed by atoms with van der Waals surface area (Å²) in [7, 11) is 3.07. The standard InChI is InChI=1S/C19H21N5O3/c1-12-4-6-13(7-5-12)11-24-18(20)17(22-23-24)19(25)21-15-9-8-14(26-2)10-16(15)27-3/h4-10H,11,20H2,1-3H3,(H,21,25). The Morgan fingerprint density at radius 1 is 1.15 bits per heavy atom. The number of amides is 1. The highest BCUT2D eigenvalue weighted by Crippen LogP contribution is 2.29. The summed E-state index contributed by atoms with van der Waals surface area (Å²) in [5.41, 5.74) is 8.80. The lowest BCUT2D eigenvalue weighted by Crippen LogP contribution is -2.16. The van der Waals surface area contributed by atoms with E-state index in [4.69, 9.17) is 15.2 Å². The minimum atomic E-state index is -0.467. The van der Waals surface area contributed by atoms with E-state index in [0.717, 1.165) is 5.56 Å². The van der Waals surface area contributed by atoms with Gasteiger partial charge in [-0.05, 0) is 24.6 Å². The zero-order valence-electron chi connectivity index (χ0n) is 15.4. The number of carbonyl (C=O) groups is 1. The van der Waals surface area contributed by atoms with E-state index in [2.05, 4.69) is 15.6 Å². The Labute approximate surface area is 156 Å². The second kappa shape index (κ2) is 7.77. The highest BCUT2D eigenvalue weighted by atomic mass is 16.5. The van der Waals surface area contributed by atoms with Crippen LogP contribution in [0.15, 0.2) is 42.5 Å². The summed E-state index contributed by atoms with van der Waals surface area (Å²) in [5, 5.41) is 10.7. The molecule has 0 aliphatic rings. The van der Waals surface area contributed by atoms with Crippen molar-refractivity contribution in [1.29, 1.82) is 0 Å². The number of hydrogen-bond acceptors (Lipinski definition) is 6. The van der Waals surface area contributed by atoms with Crippen molar-refractivity contribution in [2.24, 2.45) is 0 Å². The number of nitrogen functional groups attached to an aromatic ring is 1. The van der Waals surface area contributed by atoms with Crippen LogP contribution < -0.4 is 20.5 Å². The van der Waals surface area contributed by atoms with Crippen LogP contribution in [-0.4, -0.2) is 35.1 Å². The summed E-state index contributed by atoms with van der Waals surface area (Å²) in [6.07, 6.45) is 0. The SMILES string of the molecule is COc1ccc(NC(=O)c2nnn(Cc3ccc(C)cc3)c2N)c(OC)c1. The second-order valence-corrected chi connectivity index (χ2v) is 5.99. The Morgan fingerprint density at radius 2 is 1.89 bits per heavy atom. The molecule has 8 nitrogen and oxygen atoms in total. The van der Waals surface area contributed by atoms with Crippen LogP contribution in [0.2, 0.25) is 0 Å². The number of ether oxygens (including phenoxy) is 2. The summed E-state index contributed by atoms with van der Waals surface area (Å²) in [6, 6.07) is 13.1. The number of nitrogens with zero attached hydrogens (tertiary/aromatic N) is 3. The molecule has 0 atom stereocenters. The Bertz CT molecular complexity index is 950. The zero-order chi connectivity index (χ0) is 19.4. The number of carbonyl (C=O) groups excluding carboxylic acids is 1. The molecule has 0 fully saturated rings. The molecule has 0 bridgehead atoms. The van der Waals surface area contributed by atoms with Crippen molar-refractivity contribution in [3.63, 3.8) is 0 Å². The van der Waals surface area contributed by atoms with Crippen molar-refractivity contribution in [1.82, 2.24) is 15.0 Å². The van der Waals surface area contributed by atoms with Gasteiger partial charge in [0.25, 0.3) is 5.91 Å². The van der Waals surface area contributed by atoms with Crippen LogP contribution in [0, 0.1) is 6.92 Å². The molecule has 0 aliphatic heterocycles. The molecule has 0 unspecified atom stereocenters. The third kappa shape index (κ3) is 4.00. The normalized spacial score (nSPS) is 10.5. The topological polar surface area (TPSA) is 104 Å². The maximum Gasteiger partial charge on any atom is 0.280 e. The van der Waals surface area contributed by atoms with Gasteiger partial charge in [-0.15, -0.1) is 5.10 Å². The van der Waals surface area contributed by atoms with Crippen LogP contribution in [0.1, 0.15) is 21.6 Å². The third-order valence-corrected chi connectivity index (χ3v) is 4.10. The van der Waals surface area contributed by atoms with Crippen LogP contribution >= 0.6 is 0 Å².